The number of amides is 1. The Morgan fingerprint density at radius 1 is 1.14 bits per heavy atom. The Balaban J connectivity index is 1.34. The van der Waals surface area contributed by atoms with Crippen molar-refractivity contribution >= 4 is 34.3 Å². The summed E-state index contributed by atoms with van der Waals surface area (Å²) in [5, 5.41) is 6.94. The number of hydrogen-bond donors (Lipinski definition) is 2. The van der Waals surface area contributed by atoms with Crippen LogP contribution in [0.2, 0.25) is 0 Å². The first kappa shape index (κ1) is 22.0. The van der Waals surface area contributed by atoms with Crippen LogP contribution in [-0.2, 0) is 4.79 Å². The van der Waals surface area contributed by atoms with E-state index in [0.29, 0.717) is 11.6 Å². The van der Waals surface area contributed by atoms with E-state index in [1.54, 1.807) is 6.20 Å². The van der Waals surface area contributed by atoms with Crippen LogP contribution >= 0.6 is 0 Å². The fraction of sp³-hybridized carbons (Fsp3) is 0.0741. The molecule has 0 spiro atoms. The number of likely N-dealkylation sites (N-methyl/N-ethyl adjacent to an activating group) is 1. The van der Waals surface area contributed by atoms with E-state index >= 15 is 0 Å². The molecular weight excluding hydrogens is 440 g/mol. The van der Waals surface area contributed by atoms with Gasteiger partial charge in [-0.05, 0) is 66.8 Å². The first-order chi connectivity index (χ1) is 17.1. The molecule has 2 aromatic heterocycles. The van der Waals surface area contributed by atoms with Crippen molar-refractivity contribution in [2.45, 2.75) is 0 Å². The molecule has 8 heteroatoms. The van der Waals surface area contributed by atoms with Gasteiger partial charge >= 0.3 is 0 Å². The molecule has 0 atom stereocenters. The maximum absolute atomic E-state index is 11.7. The van der Waals surface area contributed by atoms with E-state index in [2.05, 4.69) is 27.1 Å². The number of hydrogen-bond acceptors (Lipinski definition) is 6. The number of carbonyl (C=O) groups excluding carboxylic acids is 1. The molecule has 0 unspecified atom stereocenters. The molecule has 0 saturated heterocycles. The van der Waals surface area contributed by atoms with Gasteiger partial charge in [0.15, 0.2) is 0 Å². The van der Waals surface area contributed by atoms with Gasteiger partial charge in [-0.2, -0.15) is 4.98 Å². The molecule has 2 aromatic carbocycles. The zero-order valence-electron chi connectivity index (χ0n) is 19.2. The predicted molar refractivity (Wildman–Crippen MR) is 138 cm³/mol. The number of nitrogens with zero attached hydrogens (tertiary/aromatic N) is 4. The van der Waals surface area contributed by atoms with Crippen molar-refractivity contribution < 1.29 is 9.53 Å². The lowest BCUT2D eigenvalue weighted by Gasteiger charge is -2.17. The number of ether oxygens (including phenoxy) is 1. The number of aromatic nitrogens is 3. The summed E-state index contributed by atoms with van der Waals surface area (Å²) in [6.45, 7) is 4.31. The molecule has 1 aliphatic heterocycles. The highest BCUT2D eigenvalue weighted by Crippen LogP contribution is 2.24. The van der Waals surface area contributed by atoms with Gasteiger partial charge in [0.2, 0.25) is 11.9 Å². The standard InChI is InChI=1S/C27H24N6O2/c1-3-25(34)29-21-5-4-6-22(17-21)33-16-11-19-18-28-27(31-26(19)33)30-20-7-9-23(10-8-20)35-24-12-14-32(2)15-13-24/h3-14,16-18H,1,15H2,2H3,(H,29,34)(H,28,30,31). The van der Waals surface area contributed by atoms with Crippen LogP contribution in [0.25, 0.3) is 16.7 Å². The maximum atomic E-state index is 11.7. The third-order valence-corrected chi connectivity index (χ3v) is 5.42. The second-order valence-electron chi connectivity index (χ2n) is 8.02. The van der Waals surface area contributed by atoms with Crippen molar-refractivity contribution in [3.8, 4) is 11.4 Å². The summed E-state index contributed by atoms with van der Waals surface area (Å²) in [6.07, 6.45) is 10.9. The molecule has 3 heterocycles. The second-order valence-corrected chi connectivity index (χ2v) is 8.02. The molecule has 5 rings (SSSR count). The van der Waals surface area contributed by atoms with E-state index in [-0.39, 0.29) is 5.91 Å². The third kappa shape index (κ3) is 5.06. The van der Waals surface area contributed by atoms with Crippen LogP contribution in [-0.4, -0.2) is 38.9 Å². The van der Waals surface area contributed by atoms with Crippen molar-refractivity contribution in [1.82, 2.24) is 19.4 Å². The summed E-state index contributed by atoms with van der Waals surface area (Å²) in [5.41, 5.74) is 3.13. The van der Waals surface area contributed by atoms with E-state index < -0.39 is 0 Å². The van der Waals surface area contributed by atoms with Gasteiger partial charge < -0.3 is 24.8 Å². The molecule has 0 saturated carbocycles. The van der Waals surface area contributed by atoms with Crippen molar-refractivity contribution in [3.63, 3.8) is 0 Å². The minimum absolute atomic E-state index is 0.260. The van der Waals surface area contributed by atoms with E-state index in [0.717, 1.165) is 40.5 Å². The van der Waals surface area contributed by atoms with Gasteiger partial charge in [-0.3, -0.25) is 4.79 Å². The number of fused-ring (bicyclic) bond motifs is 1. The van der Waals surface area contributed by atoms with Crippen molar-refractivity contribution in [2.75, 3.05) is 24.2 Å². The van der Waals surface area contributed by atoms with E-state index in [1.807, 2.05) is 90.8 Å². The lowest BCUT2D eigenvalue weighted by atomic mass is 10.2. The van der Waals surface area contributed by atoms with Gasteiger partial charge in [0.05, 0.1) is 0 Å². The van der Waals surface area contributed by atoms with Crippen molar-refractivity contribution in [2.24, 2.45) is 0 Å². The minimum atomic E-state index is -0.260. The average Bonchev–Trinajstić information content (AvgIpc) is 3.30. The third-order valence-electron chi connectivity index (χ3n) is 5.42. The van der Waals surface area contributed by atoms with Crippen LogP contribution in [0.3, 0.4) is 0 Å². The fourth-order valence-corrected chi connectivity index (χ4v) is 3.62. The summed E-state index contributed by atoms with van der Waals surface area (Å²) >= 11 is 0. The van der Waals surface area contributed by atoms with E-state index in [9.17, 15) is 4.79 Å². The van der Waals surface area contributed by atoms with Crippen LogP contribution < -0.4 is 15.4 Å². The fourth-order valence-electron chi connectivity index (χ4n) is 3.62. The van der Waals surface area contributed by atoms with Gasteiger partial charge in [0.25, 0.3) is 0 Å². The number of rotatable bonds is 7. The molecule has 4 aromatic rings. The van der Waals surface area contributed by atoms with Gasteiger partial charge in [0, 0.05) is 54.6 Å². The van der Waals surface area contributed by atoms with Crippen LogP contribution in [0, 0.1) is 0 Å². The van der Waals surface area contributed by atoms with Gasteiger partial charge in [-0.1, -0.05) is 12.6 Å². The number of anilines is 3. The number of benzene rings is 2. The Hall–Kier alpha value is -4.85. The van der Waals surface area contributed by atoms with E-state index in [4.69, 9.17) is 9.72 Å². The van der Waals surface area contributed by atoms with Crippen LogP contribution in [0.1, 0.15) is 0 Å². The quantitative estimate of drug-likeness (QED) is 0.374. The Morgan fingerprint density at radius 2 is 2.00 bits per heavy atom. The highest BCUT2D eigenvalue weighted by Gasteiger charge is 2.09. The summed E-state index contributed by atoms with van der Waals surface area (Å²) in [4.78, 5) is 22.9. The van der Waals surface area contributed by atoms with Crippen molar-refractivity contribution in [3.05, 3.63) is 104 Å². The first-order valence-corrected chi connectivity index (χ1v) is 11.1. The number of allylic oxidation sites excluding steroid dienone is 1. The summed E-state index contributed by atoms with van der Waals surface area (Å²) < 4.78 is 7.87. The second kappa shape index (κ2) is 9.56. The normalized spacial score (nSPS) is 12.8. The highest BCUT2D eigenvalue weighted by atomic mass is 16.5. The first-order valence-electron chi connectivity index (χ1n) is 11.1. The molecule has 35 heavy (non-hydrogen) atoms. The number of carbonyl (C=O) groups is 1. The zero-order valence-corrected chi connectivity index (χ0v) is 19.2. The van der Waals surface area contributed by atoms with Crippen LogP contribution in [0.4, 0.5) is 17.3 Å². The van der Waals surface area contributed by atoms with Gasteiger partial charge in [0.1, 0.15) is 17.2 Å². The van der Waals surface area contributed by atoms with Crippen LogP contribution in [0.5, 0.6) is 5.75 Å². The molecule has 8 nitrogen and oxygen atoms in total. The topological polar surface area (TPSA) is 84.3 Å². The minimum Gasteiger partial charge on any atom is -0.458 e. The molecule has 0 aliphatic carbocycles. The Morgan fingerprint density at radius 3 is 2.77 bits per heavy atom. The molecule has 0 radical (unpaired) electrons. The molecule has 1 amide bonds. The zero-order chi connectivity index (χ0) is 24.2. The SMILES string of the molecule is C=CC(=O)Nc1cccc(-n2ccc3cnc(Nc4ccc(OC5=CCN(C)C=C5)cc4)nc32)c1. The predicted octanol–water partition coefficient (Wildman–Crippen LogP) is 5.01. The molecule has 1 aliphatic rings. The summed E-state index contributed by atoms with van der Waals surface area (Å²) in [5.74, 6) is 1.80. The monoisotopic (exact) mass is 464 g/mol. The summed E-state index contributed by atoms with van der Waals surface area (Å²) in [7, 11) is 2.02. The van der Waals surface area contributed by atoms with Crippen molar-refractivity contribution in [1.29, 1.82) is 0 Å². The Labute approximate surface area is 202 Å². The average molecular weight is 465 g/mol. The molecular formula is C27H24N6O2. The van der Waals surface area contributed by atoms with E-state index in [1.165, 1.54) is 6.08 Å². The molecule has 2 N–H and O–H groups in total. The molecule has 174 valence electrons. The maximum Gasteiger partial charge on any atom is 0.247 e. The Bertz CT molecular complexity index is 1450. The lowest BCUT2D eigenvalue weighted by Crippen LogP contribution is -2.15. The molecule has 0 fully saturated rings. The molecule has 0 bridgehead atoms. The summed E-state index contributed by atoms with van der Waals surface area (Å²) in [6, 6.07) is 17.1. The highest BCUT2D eigenvalue weighted by molar-refractivity contribution is 5.99. The Kier molecular flexibility index (Phi) is 6.00. The van der Waals surface area contributed by atoms with Gasteiger partial charge in [-0.15, -0.1) is 0 Å². The smallest absolute Gasteiger partial charge is 0.247 e. The van der Waals surface area contributed by atoms with Gasteiger partial charge in [-0.25, -0.2) is 4.98 Å². The van der Waals surface area contributed by atoms with Crippen LogP contribution in [0.15, 0.2) is 104 Å². The lowest BCUT2D eigenvalue weighted by molar-refractivity contribution is -0.111. The largest absolute Gasteiger partial charge is 0.458 e. The number of nitrogens with one attached hydrogen (secondary N) is 2.